The Morgan fingerprint density at radius 2 is 1.69 bits per heavy atom. The Balaban J connectivity index is 1.73. The quantitative estimate of drug-likeness (QED) is 0.650. The highest BCUT2D eigenvalue weighted by Gasteiger charge is 2.18. The van der Waals surface area contributed by atoms with Crippen LogP contribution in [0, 0.1) is 0 Å². The predicted octanol–water partition coefficient (Wildman–Crippen LogP) is 3.40. The fourth-order valence-electron chi connectivity index (χ4n) is 3.13. The number of piperazine rings is 1. The molecule has 2 amide bonds. The maximum Gasteiger partial charge on any atom is 0.259 e. The van der Waals surface area contributed by atoms with Crippen LogP contribution in [0.3, 0.4) is 0 Å². The summed E-state index contributed by atoms with van der Waals surface area (Å²) < 4.78 is 0. The van der Waals surface area contributed by atoms with Gasteiger partial charge in [-0.3, -0.25) is 9.59 Å². The third kappa shape index (κ3) is 5.19. The minimum absolute atomic E-state index is 0.0677. The molecule has 8 heteroatoms. The van der Waals surface area contributed by atoms with Gasteiger partial charge in [-0.25, -0.2) is 0 Å². The lowest BCUT2D eigenvalue weighted by Crippen LogP contribution is -2.44. The van der Waals surface area contributed by atoms with Crippen LogP contribution in [-0.4, -0.2) is 55.0 Å². The molecule has 0 bridgehead atoms. The molecule has 0 spiro atoms. The van der Waals surface area contributed by atoms with E-state index in [-0.39, 0.29) is 17.2 Å². The van der Waals surface area contributed by atoms with Crippen LogP contribution >= 0.6 is 11.6 Å². The summed E-state index contributed by atoms with van der Waals surface area (Å²) in [5.74, 6) is -0.830. The first kappa shape index (κ1) is 21.0. The number of rotatable bonds is 5. The second-order valence-electron chi connectivity index (χ2n) is 7.04. The Kier molecular flexibility index (Phi) is 6.61. The normalized spacial score (nSPS) is 14.5. The lowest BCUT2D eigenvalue weighted by atomic mass is 10.1. The van der Waals surface area contributed by atoms with Crippen molar-refractivity contribution < 1.29 is 14.7 Å². The van der Waals surface area contributed by atoms with Crippen LogP contribution in [0.2, 0.25) is 5.02 Å². The first-order chi connectivity index (χ1) is 13.9. The van der Waals surface area contributed by atoms with Crippen LogP contribution < -0.4 is 15.5 Å². The van der Waals surface area contributed by atoms with Gasteiger partial charge in [0.25, 0.3) is 5.91 Å². The van der Waals surface area contributed by atoms with Crippen molar-refractivity contribution in [1.29, 1.82) is 0 Å². The molecule has 0 saturated carbocycles. The maximum absolute atomic E-state index is 12.6. The van der Waals surface area contributed by atoms with Crippen molar-refractivity contribution >= 4 is 40.5 Å². The number of carbonyl (C=O) groups excluding carboxylic acids is 2. The fraction of sp³-hybridized carbons (Fsp3) is 0.333. The van der Waals surface area contributed by atoms with Gasteiger partial charge in [0.15, 0.2) is 0 Å². The first-order valence-corrected chi connectivity index (χ1v) is 9.92. The number of hydrogen-bond donors (Lipinski definition) is 3. The van der Waals surface area contributed by atoms with Crippen LogP contribution in [-0.2, 0) is 4.79 Å². The zero-order chi connectivity index (χ0) is 21.0. The number of nitrogens with zero attached hydrogens (tertiary/aromatic N) is 2. The number of hydrogen-bond acceptors (Lipinski definition) is 5. The molecule has 1 aliphatic rings. The highest BCUT2D eigenvalue weighted by molar-refractivity contribution is 6.33. The first-order valence-electron chi connectivity index (χ1n) is 9.54. The Hall–Kier alpha value is -2.77. The van der Waals surface area contributed by atoms with E-state index in [4.69, 9.17) is 11.6 Å². The monoisotopic (exact) mass is 416 g/mol. The number of phenolic OH excluding ortho intramolecular Hbond substituents is 1. The number of likely N-dealkylation sites (N-methyl/N-ethyl adjacent to an activating group) is 1. The van der Waals surface area contributed by atoms with Crippen LogP contribution in [0.25, 0.3) is 0 Å². The van der Waals surface area contributed by atoms with E-state index >= 15 is 0 Å². The van der Waals surface area contributed by atoms with Gasteiger partial charge < -0.3 is 25.5 Å². The van der Waals surface area contributed by atoms with Gasteiger partial charge in [-0.2, -0.15) is 0 Å². The highest BCUT2D eigenvalue weighted by Crippen LogP contribution is 2.30. The van der Waals surface area contributed by atoms with Gasteiger partial charge in [0.05, 0.1) is 16.3 Å². The van der Waals surface area contributed by atoms with E-state index in [1.54, 1.807) is 25.1 Å². The largest absolute Gasteiger partial charge is 0.507 e. The van der Waals surface area contributed by atoms with E-state index < -0.39 is 5.91 Å². The van der Waals surface area contributed by atoms with Crippen molar-refractivity contribution in [2.24, 2.45) is 0 Å². The molecule has 7 nitrogen and oxygen atoms in total. The molecule has 0 aromatic heterocycles. The number of nitrogens with one attached hydrogen (secondary N) is 2. The van der Waals surface area contributed by atoms with Crippen molar-refractivity contribution in [2.45, 2.75) is 13.3 Å². The molecule has 29 heavy (non-hydrogen) atoms. The molecule has 0 aliphatic carbocycles. The van der Waals surface area contributed by atoms with Crippen molar-refractivity contribution in [2.75, 3.05) is 48.8 Å². The molecule has 0 radical (unpaired) electrons. The number of anilines is 3. The summed E-state index contributed by atoms with van der Waals surface area (Å²) in [4.78, 5) is 28.7. The summed E-state index contributed by atoms with van der Waals surface area (Å²) in [6.45, 7) is 5.47. The zero-order valence-electron chi connectivity index (χ0n) is 16.5. The van der Waals surface area contributed by atoms with Crippen LogP contribution in [0.5, 0.6) is 5.75 Å². The minimum atomic E-state index is -0.487. The molecule has 1 heterocycles. The molecule has 154 valence electrons. The number of phenols is 1. The summed E-state index contributed by atoms with van der Waals surface area (Å²) in [5, 5.41) is 16.0. The van der Waals surface area contributed by atoms with E-state index in [1.807, 2.05) is 6.07 Å². The third-order valence-corrected chi connectivity index (χ3v) is 5.20. The smallest absolute Gasteiger partial charge is 0.259 e. The van der Waals surface area contributed by atoms with Gasteiger partial charge in [-0.05, 0) is 43.4 Å². The lowest BCUT2D eigenvalue weighted by molar-refractivity contribution is -0.115. The predicted molar refractivity (Wildman–Crippen MR) is 116 cm³/mol. The standard InChI is InChI=1S/C21H25ClN4O3/c1-3-20(28)23-14-5-7-19(27)16(12-14)21(29)24-15-4-6-18(17(22)13-15)26-10-8-25(2)9-11-26/h4-7,12-13,27H,3,8-11H2,1-2H3,(H,23,28)(H,24,29). The topological polar surface area (TPSA) is 84.9 Å². The van der Waals surface area contributed by atoms with Gasteiger partial charge in [-0.15, -0.1) is 0 Å². The summed E-state index contributed by atoms with van der Waals surface area (Å²) in [7, 11) is 2.09. The molecule has 3 rings (SSSR count). The second-order valence-corrected chi connectivity index (χ2v) is 7.45. The molecular formula is C21H25ClN4O3. The molecule has 2 aromatic rings. The summed E-state index contributed by atoms with van der Waals surface area (Å²) in [6.07, 6.45) is 0.320. The summed E-state index contributed by atoms with van der Waals surface area (Å²) >= 11 is 6.45. The summed E-state index contributed by atoms with van der Waals surface area (Å²) in [6, 6.07) is 9.74. The van der Waals surface area contributed by atoms with Gasteiger partial charge >= 0.3 is 0 Å². The maximum atomic E-state index is 12.6. The summed E-state index contributed by atoms with van der Waals surface area (Å²) in [5.41, 5.74) is 1.98. The Labute approximate surface area is 175 Å². The molecule has 1 aliphatic heterocycles. The van der Waals surface area contributed by atoms with E-state index in [0.717, 1.165) is 31.9 Å². The van der Waals surface area contributed by atoms with Crippen molar-refractivity contribution in [3.8, 4) is 5.75 Å². The average Bonchev–Trinajstić information content (AvgIpc) is 2.70. The number of amides is 2. The van der Waals surface area contributed by atoms with Crippen LogP contribution in [0.4, 0.5) is 17.1 Å². The Bertz CT molecular complexity index is 911. The fourth-order valence-corrected chi connectivity index (χ4v) is 3.43. The number of halogens is 1. The molecule has 0 unspecified atom stereocenters. The Morgan fingerprint density at radius 3 is 2.34 bits per heavy atom. The van der Waals surface area contributed by atoms with E-state index in [1.165, 1.54) is 12.1 Å². The number of aromatic hydroxyl groups is 1. The van der Waals surface area contributed by atoms with Crippen molar-refractivity contribution in [3.63, 3.8) is 0 Å². The zero-order valence-corrected chi connectivity index (χ0v) is 17.3. The molecule has 1 saturated heterocycles. The van der Waals surface area contributed by atoms with E-state index in [0.29, 0.717) is 22.8 Å². The Morgan fingerprint density at radius 1 is 1.03 bits per heavy atom. The average molecular weight is 417 g/mol. The van der Waals surface area contributed by atoms with Gasteiger partial charge in [0, 0.05) is 44.0 Å². The third-order valence-electron chi connectivity index (χ3n) is 4.90. The van der Waals surface area contributed by atoms with Gasteiger partial charge in [0.2, 0.25) is 5.91 Å². The molecule has 2 aromatic carbocycles. The van der Waals surface area contributed by atoms with Crippen molar-refractivity contribution in [1.82, 2.24) is 4.90 Å². The number of benzene rings is 2. The highest BCUT2D eigenvalue weighted by atomic mass is 35.5. The van der Waals surface area contributed by atoms with Gasteiger partial charge in [-0.1, -0.05) is 18.5 Å². The SMILES string of the molecule is CCC(=O)Nc1ccc(O)c(C(=O)Nc2ccc(N3CCN(C)CC3)c(Cl)c2)c1. The second kappa shape index (κ2) is 9.15. The van der Waals surface area contributed by atoms with Crippen molar-refractivity contribution in [3.05, 3.63) is 47.0 Å². The number of carbonyl (C=O) groups is 2. The molecular weight excluding hydrogens is 392 g/mol. The van der Waals surface area contributed by atoms with Crippen LogP contribution in [0.15, 0.2) is 36.4 Å². The van der Waals surface area contributed by atoms with Crippen LogP contribution in [0.1, 0.15) is 23.7 Å². The molecule has 1 fully saturated rings. The lowest BCUT2D eigenvalue weighted by Gasteiger charge is -2.34. The van der Waals surface area contributed by atoms with Gasteiger partial charge in [0.1, 0.15) is 5.75 Å². The minimum Gasteiger partial charge on any atom is -0.507 e. The molecule has 3 N–H and O–H groups in total. The van der Waals surface area contributed by atoms with E-state index in [9.17, 15) is 14.7 Å². The van der Waals surface area contributed by atoms with E-state index in [2.05, 4.69) is 27.5 Å². The molecule has 0 atom stereocenters.